The van der Waals surface area contributed by atoms with E-state index in [1.54, 1.807) is 13.2 Å². The Morgan fingerprint density at radius 3 is 2.73 bits per heavy atom. The zero-order chi connectivity index (χ0) is 28.3. The van der Waals surface area contributed by atoms with Crippen LogP contribution in [-0.4, -0.2) is 59.3 Å². The SMILES string of the molecule is COCCCn1cc(CN(C(=O)[C@H]2CNCC[C@@H]2c2cccc(-c3csc(C(=O)O)c3)c2)C2CC2)c2ccccc21. The Hall–Kier alpha value is -3.46. The minimum atomic E-state index is -0.903. The predicted molar refractivity (Wildman–Crippen MR) is 162 cm³/mol. The molecule has 1 saturated carbocycles. The fraction of sp³-hybridized carbons (Fsp3) is 0.394. The van der Waals surface area contributed by atoms with Crippen LogP contribution in [0.15, 0.2) is 66.2 Å². The average molecular weight is 572 g/mol. The Labute approximate surface area is 244 Å². The molecule has 2 fully saturated rings. The predicted octanol–water partition coefficient (Wildman–Crippen LogP) is 5.99. The number of hydrogen-bond acceptors (Lipinski definition) is 5. The van der Waals surface area contributed by atoms with Gasteiger partial charge >= 0.3 is 5.97 Å². The van der Waals surface area contributed by atoms with E-state index in [-0.39, 0.29) is 17.7 Å². The van der Waals surface area contributed by atoms with Gasteiger partial charge in [0.05, 0.1) is 5.92 Å². The molecule has 2 aliphatic rings. The molecule has 0 bridgehead atoms. The molecular weight excluding hydrogens is 534 g/mol. The molecule has 7 nitrogen and oxygen atoms in total. The van der Waals surface area contributed by atoms with Gasteiger partial charge in [0.1, 0.15) is 4.88 Å². The van der Waals surface area contributed by atoms with Crippen LogP contribution >= 0.6 is 11.3 Å². The highest BCUT2D eigenvalue weighted by molar-refractivity contribution is 7.12. The molecule has 0 spiro atoms. The molecule has 2 atom stereocenters. The van der Waals surface area contributed by atoms with E-state index in [2.05, 4.69) is 57.4 Å². The summed E-state index contributed by atoms with van der Waals surface area (Å²) >= 11 is 1.24. The van der Waals surface area contributed by atoms with Crippen molar-refractivity contribution in [3.63, 3.8) is 0 Å². The minimum absolute atomic E-state index is 0.109. The van der Waals surface area contributed by atoms with Gasteiger partial charge in [-0.15, -0.1) is 11.3 Å². The Morgan fingerprint density at radius 1 is 1.10 bits per heavy atom. The Morgan fingerprint density at radius 2 is 1.95 bits per heavy atom. The smallest absolute Gasteiger partial charge is 0.345 e. The summed E-state index contributed by atoms with van der Waals surface area (Å²) in [6.45, 7) is 3.77. The summed E-state index contributed by atoms with van der Waals surface area (Å²) in [5, 5.41) is 16.0. The normalized spacial score (nSPS) is 19.0. The summed E-state index contributed by atoms with van der Waals surface area (Å²) < 4.78 is 7.58. The highest BCUT2D eigenvalue weighted by Crippen LogP contribution is 2.38. The quantitative estimate of drug-likeness (QED) is 0.216. The topological polar surface area (TPSA) is 83.8 Å². The molecule has 1 saturated heterocycles. The van der Waals surface area contributed by atoms with E-state index in [1.807, 2.05) is 17.5 Å². The van der Waals surface area contributed by atoms with Crippen molar-refractivity contribution in [2.75, 3.05) is 26.8 Å². The third-order valence-electron chi connectivity index (χ3n) is 8.49. The van der Waals surface area contributed by atoms with Crippen molar-refractivity contribution in [3.05, 3.63) is 82.2 Å². The number of carbonyl (C=O) groups is 2. The van der Waals surface area contributed by atoms with Gasteiger partial charge in [0.25, 0.3) is 0 Å². The molecule has 1 aliphatic carbocycles. The van der Waals surface area contributed by atoms with E-state index in [4.69, 9.17) is 4.74 Å². The molecule has 0 unspecified atom stereocenters. The maximum Gasteiger partial charge on any atom is 0.345 e. The molecule has 1 aliphatic heterocycles. The van der Waals surface area contributed by atoms with Gasteiger partial charge in [0.15, 0.2) is 0 Å². The maximum atomic E-state index is 14.4. The van der Waals surface area contributed by atoms with Crippen LogP contribution in [0.4, 0.5) is 0 Å². The lowest BCUT2D eigenvalue weighted by Crippen LogP contribution is -2.47. The molecule has 3 heterocycles. The average Bonchev–Trinajstić information content (AvgIpc) is 3.60. The number of ether oxygens (including phenoxy) is 1. The van der Waals surface area contributed by atoms with E-state index in [0.717, 1.165) is 62.1 Å². The number of para-hydroxylation sites is 1. The number of carboxylic acids is 1. The first-order valence-electron chi connectivity index (χ1n) is 14.5. The number of nitrogens with one attached hydrogen (secondary N) is 1. The fourth-order valence-corrected chi connectivity index (χ4v) is 7.00. The van der Waals surface area contributed by atoms with Crippen LogP contribution in [0, 0.1) is 5.92 Å². The van der Waals surface area contributed by atoms with E-state index >= 15 is 0 Å². The van der Waals surface area contributed by atoms with E-state index < -0.39 is 5.97 Å². The van der Waals surface area contributed by atoms with Crippen LogP contribution in [0.3, 0.4) is 0 Å². The molecular formula is C33H37N3O4S. The zero-order valence-electron chi connectivity index (χ0n) is 23.4. The van der Waals surface area contributed by atoms with Gasteiger partial charge in [-0.3, -0.25) is 4.79 Å². The van der Waals surface area contributed by atoms with Crippen LogP contribution in [0.5, 0.6) is 0 Å². The third kappa shape index (κ3) is 5.96. The Balaban J connectivity index is 1.26. The van der Waals surface area contributed by atoms with Gasteiger partial charge in [-0.25, -0.2) is 4.79 Å². The second-order valence-electron chi connectivity index (χ2n) is 11.2. The number of benzene rings is 2. The van der Waals surface area contributed by atoms with Gasteiger partial charge in [-0.1, -0.05) is 42.5 Å². The number of carbonyl (C=O) groups excluding carboxylic acids is 1. The van der Waals surface area contributed by atoms with Crippen molar-refractivity contribution in [2.24, 2.45) is 5.92 Å². The van der Waals surface area contributed by atoms with E-state index in [0.29, 0.717) is 24.0 Å². The van der Waals surface area contributed by atoms with Gasteiger partial charge in [0, 0.05) is 56.5 Å². The second-order valence-corrected chi connectivity index (χ2v) is 12.2. The number of piperidine rings is 1. The molecule has 41 heavy (non-hydrogen) atoms. The van der Waals surface area contributed by atoms with Gasteiger partial charge < -0.3 is 24.6 Å². The summed E-state index contributed by atoms with van der Waals surface area (Å²) in [6, 6.07) is 18.9. The van der Waals surface area contributed by atoms with Crippen LogP contribution in [-0.2, 0) is 22.6 Å². The zero-order valence-corrected chi connectivity index (χ0v) is 24.2. The number of aromatic nitrogens is 1. The van der Waals surface area contributed by atoms with Crippen molar-refractivity contribution < 1.29 is 19.4 Å². The van der Waals surface area contributed by atoms with Crippen LogP contribution in [0.25, 0.3) is 22.0 Å². The van der Waals surface area contributed by atoms with Crippen molar-refractivity contribution in [3.8, 4) is 11.1 Å². The molecule has 1 amide bonds. The number of rotatable bonds is 11. The van der Waals surface area contributed by atoms with Gasteiger partial charge in [-0.2, -0.15) is 0 Å². The van der Waals surface area contributed by atoms with Crippen molar-refractivity contribution in [1.29, 1.82) is 0 Å². The summed E-state index contributed by atoms with van der Waals surface area (Å²) in [6.07, 6.45) is 6.18. The lowest BCUT2D eigenvalue weighted by atomic mass is 9.79. The summed E-state index contributed by atoms with van der Waals surface area (Å²) in [4.78, 5) is 28.3. The summed E-state index contributed by atoms with van der Waals surface area (Å²) in [5.41, 5.74) is 5.46. The first-order chi connectivity index (χ1) is 20.0. The van der Waals surface area contributed by atoms with Crippen molar-refractivity contribution in [2.45, 2.75) is 50.7 Å². The lowest BCUT2D eigenvalue weighted by molar-refractivity contribution is -0.138. The second kappa shape index (κ2) is 12.2. The summed E-state index contributed by atoms with van der Waals surface area (Å²) in [5.74, 6) is -0.709. The first kappa shape index (κ1) is 27.7. The molecule has 4 aromatic rings. The lowest BCUT2D eigenvalue weighted by Gasteiger charge is -2.36. The molecule has 0 radical (unpaired) electrons. The monoisotopic (exact) mass is 571 g/mol. The number of aromatic carboxylic acids is 1. The molecule has 2 N–H and O–H groups in total. The molecule has 8 heteroatoms. The fourth-order valence-electron chi connectivity index (χ4n) is 6.25. The Kier molecular flexibility index (Phi) is 8.23. The summed E-state index contributed by atoms with van der Waals surface area (Å²) in [7, 11) is 1.74. The first-order valence-corrected chi connectivity index (χ1v) is 15.4. The number of thiophene rings is 1. The van der Waals surface area contributed by atoms with Crippen LogP contribution < -0.4 is 5.32 Å². The molecule has 6 rings (SSSR count). The van der Waals surface area contributed by atoms with Crippen LogP contribution in [0.2, 0.25) is 0 Å². The maximum absolute atomic E-state index is 14.4. The van der Waals surface area contributed by atoms with Crippen molar-refractivity contribution in [1.82, 2.24) is 14.8 Å². The molecule has 214 valence electrons. The van der Waals surface area contributed by atoms with Gasteiger partial charge in [0.2, 0.25) is 5.91 Å². The number of amides is 1. The molecule has 2 aromatic heterocycles. The minimum Gasteiger partial charge on any atom is -0.477 e. The van der Waals surface area contributed by atoms with E-state index in [9.17, 15) is 14.7 Å². The number of methoxy groups -OCH3 is 1. The number of hydrogen-bond donors (Lipinski definition) is 2. The Bertz CT molecular complexity index is 1540. The molecule has 2 aromatic carbocycles. The third-order valence-corrected chi connectivity index (χ3v) is 9.41. The number of fused-ring (bicyclic) bond motifs is 1. The van der Waals surface area contributed by atoms with Crippen molar-refractivity contribution >= 4 is 34.1 Å². The highest BCUT2D eigenvalue weighted by Gasteiger charge is 2.40. The highest BCUT2D eigenvalue weighted by atomic mass is 32.1. The number of nitrogens with zero attached hydrogens (tertiary/aromatic N) is 2. The number of aryl methyl sites for hydroxylation is 1. The largest absolute Gasteiger partial charge is 0.477 e. The standard InChI is InChI=1S/C33H37N3O4S/c1-40-15-5-14-35-19-25(28-8-2-3-9-30(28)35)20-36(26-10-11-26)32(37)29-18-34-13-12-27(29)23-7-4-6-22(16-23)24-17-31(33(38)39)41-21-24/h2-4,6-9,16-17,19,21,26-27,29,34H,5,10-15,18,20H2,1H3,(H,38,39)/t27-,29+/m1/s1. The van der Waals surface area contributed by atoms with Crippen LogP contribution in [0.1, 0.15) is 52.4 Å². The van der Waals surface area contributed by atoms with E-state index in [1.165, 1.54) is 27.8 Å². The van der Waals surface area contributed by atoms with Gasteiger partial charge in [-0.05, 0) is 77.9 Å². The number of carboxylic acid groups (broad SMARTS) is 1.